The molecular formula is C26H36N2O2. The van der Waals surface area contributed by atoms with Crippen LogP contribution in [0.4, 0.5) is 0 Å². The molecule has 30 heavy (non-hydrogen) atoms. The predicted octanol–water partition coefficient (Wildman–Crippen LogP) is 4.94. The lowest BCUT2D eigenvalue weighted by molar-refractivity contribution is -0.122. The molecule has 2 aromatic carbocycles. The Hall–Kier alpha value is -2.33. The van der Waals surface area contributed by atoms with Gasteiger partial charge in [0, 0.05) is 32.1 Å². The molecule has 4 heteroatoms. The monoisotopic (exact) mass is 408 g/mol. The smallest absolute Gasteiger partial charge is 0.220 e. The first-order valence-electron chi connectivity index (χ1n) is 11.3. The van der Waals surface area contributed by atoms with Gasteiger partial charge in [0.05, 0.1) is 6.61 Å². The second kappa shape index (κ2) is 11.2. The Bertz CT molecular complexity index is 826. The van der Waals surface area contributed by atoms with Gasteiger partial charge in [-0.2, -0.15) is 0 Å². The number of carbonyl (C=O) groups excluding carboxylic acids is 1. The van der Waals surface area contributed by atoms with Gasteiger partial charge in [0.15, 0.2) is 0 Å². The number of carbonyl (C=O) groups is 1. The van der Waals surface area contributed by atoms with Gasteiger partial charge < -0.3 is 10.1 Å². The number of nitrogens with one attached hydrogen (secondary N) is 1. The summed E-state index contributed by atoms with van der Waals surface area (Å²) in [5.41, 5.74) is 5.06. The number of rotatable bonds is 9. The highest BCUT2D eigenvalue weighted by atomic mass is 16.5. The van der Waals surface area contributed by atoms with E-state index >= 15 is 0 Å². The highest BCUT2D eigenvalue weighted by molar-refractivity contribution is 5.76. The summed E-state index contributed by atoms with van der Waals surface area (Å²) in [6, 6.07) is 15.3. The molecular weight excluding hydrogens is 372 g/mol. The fourth-order valence-corrected chi connectivity index (χ4v) is 4.04. The van der Waals surface area contributed by atoms with Crippen LogP contribution < -0.4 is 10.1 Å². The molecule has 0 atom stereocenters. The van der Waals surface area contributed by atoms with Crippen LogP contribution in [0.1, 0.15) is 54.4 Å². The zero-order valence-corrected chi connectivity index (χ0v) is 18.7. The Morgan fingerprint density at radius 1 is 1.03 bits per heavy atom. The summed E-state index contributed by atoms with van der Waals surface area (Å²) in [6.07, 6.45) is 4.42. The van der Waals surface area contributed by atoms with Crippen LogP contribution in [0.3, 0.4) is 0 Å². The number of ether oxygens (including phenoxy) is 1. The summed E-state index contributed by atoms with van der Waals surface area (Å²) in [6.45, 7) is 10.0. The van der Waals surface area contributed by atoms with Crippen molar-refractivity contribution in [1.82, 2.24) is 10.2 Å². The van der Waals surface area contributed by atoms with Crippen molar-refractivity contribution in [3.63, 3.8) is 0 Å². The molecule has 0 unspecified atom stereocenters. The van der Waals surface area contributed by atoms with Crippen LogP contribution in [0.5, 0.6) is 5.75 Å². The Morgan fingerprint density at radius 2 is 1.80 bits per heavy atom. The van der Waals surface area contributed by atoms with Gasteiger partial charge in [-0.3, -0.25) is 9.69 Å². The predicted molar refractivity (Wildman–Crippen MR) is 123 cm³/mol. The Morgan fingerprint density at radius 3 is 2.57 bits per heavy atom. The molecule has 3 rings (SSSR count). The molecule has 1 heterocycles. The van der Waals surface area contributed by atoms with Crippen molar-refractivity contribution in [3.05, 3.63) is 64.7 Å². The molecule has 4 nitrogen and oxygen atoms in total. The van der Waals surface area contributed by atoms with Gasteiger partial charge >= 0.3 is 0 Å². The second-order valence-corrected chi connectivity index (χ2v) is 8.68. The maximum absolute atomic E-state index is 12.3. The van der Waals surface area contributed by atoms with E-state index < -0.39 is 0 Å². The van der Waals surface area contributed by atoms with Crippen LogP contribution in [0.2, 0.25) is 0 Å². The third kappa shape index (κ3) is 7.17. The minimum Gasteiger partial charge on any atom is -0.493 e. The van der Waals surface area contributed by atoms with Crippen molar-refractivity contribution < 1.29 is 9.53 Å². The number of hydrogen-bond donors (Lipinski definition) is 1. The van der Waals surface area contributed by atoms with Crippen molar-refractivity contribution >= 4 is 5.91 Å². The van der Waals surface area contributed by atoms with Gasteiger partial charge in [-0.25, -0.2) is 0 Å². The number of amides is 1. The van der Waals surface area contributed by atoms with E-state index in [0.29, 0.717) is 19.1 Å². The average molecular weight is 409 g/mol. The van der Waals surface area contributed by atoms with Gasteiger partial charge in [-0.05, 0) is 69.2 Å². The first kappa shape index (κ1) is 22.4. The maximum Gasteiger partial charge on any atom is 0.220 e. The molecule has 1 aliphatic heterocycles. The number of aryl methyl sites for hydroxylation is 3. The molecule has 0 saturated carbocycles. The van der Waals surface area contributed by atoms with Crippen LogP contribution in [0, 0.1) is 20.8 Å². The SMILES string of the molecule is Cc1cccc(CN2CCC(NC(=O)CCCCOc3cc(C)ccc3C)CC2)c1. The zero-order valence-electron chi connectivity index (χ0n) is 18.7. The lowest BCUT2D eigenvalue weighted by Gasteiger charge is -2.32. The number of piperidine rings is 1. The van der Waals surface area contributed by atoms with E-state index in [9.17, 15) is 4.79 Å². The standard InChI is InChI=1S/C26H36N2O2/c1-20-7-6-8-23(17-20)19-28-14-12-24(13-15-28)27-26(29)9-4-5-16-30-25-18-21(2)10-11-22(25)3/h6-8,10-11,17-18,24H,4-5,9,12-16,19H2,1-3H3,(H,27,29). The van der Waals surface area contributed by atoms with Gasteiger partial charge in [0.25, 0.3) is 0 Å². The number of benzene rings is 2. The molecule has 1 N–H and O–H groups in total. The molecule has 162 valence electrons. The normalized spacial score (nSPS) is 15.2. The molecule has 1 fully saturated rings. The molecule has 0 radical (unpaired) electrons. The van der Waals surface area contributed by atoms with Gasteiger partial charge in [-0.15, -0.1) is 0 Å². The molecule has 1 aliphatic rings. The zero-order chi connectivity index (χ0) is 21.3. The van der Waals surface area contributed by atoms with Crippen molar-refractivity contribution in [2.24, 2.45) is 0 Å². The average Bonchev–Trinajstić information content (AvgIpc) is 2.72. The Labute approximate surface area is 181 Å². The van der Waals surface area contributed by atoms with E-state index in [1.807, 2.05) is 0 Å². The van der Waals surface area contributed by atoms with Crippen LogP contribution >= 0.6 is 0 Å². The van der Waals surface area contributed by atoms with Crippen LogP contribution in [-0.4, -0.2) is 36.5 Å². The summed E-state index contributed by atoms with van der Waals surface area (Å²) in [5.74, 6) is 1.13. The van der Waals surface area contributed by atoms with Crippen LogP contribution in [-0.2, 0) is 11.3 Å². The van der Waals surface area contributed by atoms with Gasteiger partial charge in [-0.1, -0.05) is 42.0 Å². The van der Waals surface area contributed by atoms with Gasteiger partial charge in [0.1, 0.15) is 5.75 Å². The van der Waals surface area contributed by atoms with Crippen molar-refractivity contribution in [2.45, 2.75) is 65.5 Å². The van der Waals surface area contributed by atoms with E-state index in [1.54, 1.807) is 0 Å². The summed E-state index contributed by atoms with van der Waals surface area (Å²) >= 11 is 0. The summed E-state index contributed by atoms with van der Waals surface area (Å²) in [4.78, 5) is 14.8. The lowest BCUT2D eigenvalue weighted by Crippen LogP contribution is -2.44. The fourth-order valence-electron chi connectivity index (χ4n) is 4.04. The van der Waals surface area contributed by atoms with Crippen molar-refractivity contribution in [2.75, 3.05) is 19.7 Å². The molecule has 0 aliphatic carbocycles. The third-order valence-electron chi connectivity index (χ3n) is 5.84. The summed E-state index contributed by atoms with van der Waals surface area (Å²) < 4.78 is 5.88. The minimum atomic E-state index is 0.180. The van der Waals surface area contributed by atoms with Crippen LogP contribution in [0.25, 0.3) is 0 Å². The highest BCUT2D eigenvalue weighted by Gasteiger charge is 2.20. The van der Waals surface area contributed by atoms with Crippen molar-refractivity contribution in [1.29, 1.82) is 0 Å². The Kier molecular flexibility index (Phi) is 8.32. The number of likely N-dealkylation sites (tertiary alicyclic amines) is 1. The van der Waals surface area contributed by atoms with E-state index in [2.05, 4.69) is 73.5 Å². The summed E-state index contributed by atoms with van der Waals surface area (Å²) in [5, 5.41) is 3.23. The lowest BCUT2D eigenvalue weighted by atomic mass is 10.0. The van der Waals surface area contributed by atoms with Gasteiger partial charge in [0.2, 0.25) is 5.91 Å². The maximum atomic E-state index is 12.3. The molecule has 0 spiro atoms. The van der Waals surface area contributed by atoms with E-state index in [4.69, 9.17) is 4.74 Å². The number of unbranched alkanes of at least 4 members (excludes halogenated alkanes) is 1. The van der Waals surface area contributed by atoms with Crippen molar-refractivity contribution in [3.8, 4) is 5.75 Å². The minimum absolute atomic E-state index is 0.180. The quantitative estimate of drug-likeness (QED) is 0.598. The largest absolute Gasteiger partial charge is 0.493 e. The highest BCUT2D eigenvalue weighted by Crippen LogP contribution is 2.19. The first-order valence-corrected chi connectivity index (χ1v) is 11.3. The molecule has 1 amide bonds. The molecule has 0 aromatic heterocycles. The number of nitrogens with zero attached hydrogens (tertiary/aromatic N) is 1. The van der Waals surface area contributed by atoms with E-state index in [1.165, 1.54) is 16.7 Å². The summed E-state index contributed by atoms with van der Waals surface area (Å²) in [7, 11) is 0. The third-order valence-corrected chi connectivity index (χ3v) is 5.84. The van der Waals surface area contributed by atoms with Crippen LogP contribution in [0.15, 0.2) is 42.5 Å². The molecule has 1 saturated heterocycles. The topological polar surface area (TPSA) is 41.6 Å². The Balaban J connectivity index is 1.28. The first-order chi connectivity index (χ1) is 14.5. The number of hydrogen-bond acceptors (Lipinski definition) is 3. The second-order valence-electron chi connectivity index (χ2n) is 8.68. The molecule has 2 aromatic rings. The van der Waals surface area contributed by atoms with E-state index in [0.717, 1.165) is 56.6 Å². The molecule has 0 bridgehead atoms. The van der Waals surface area contributed by atoms with E-state index in [-0.39, 0.29) is 5.91 Å². The fraction of sp³-hybridized carbons (Fsp3) is 0.500.